The second-order valence-corrected chi connectivity index (χ2v) is 2.67. The lowest BCUT2D eigenvalue weighted by Crippen LogP contribution is -1.99. The molecule has 0 spiro atoms. The quantitative estimate of drug-likeness (QED) is 0.595. The SMILES string of the molecule is CNc1c([N+](=O)[O-])ccc(Cl)c1F. The molecule has 6 heteroatoms. The van der Waals surface area contributed by atoms with E-state index in [1.54, 1.807) is 0 Å². The number of nitrogens with one attached hydrogen (secondary N) is 1. The van der Waals surface area contributed by atoms with Gasteiger partial charge >= 0.3 is 0 Å². The molecule has 0 unspecified atom stereocenters. The minimum absolute atomic E-state index is 0.144. The summed E-state index contributed by atoms with van der Waals surface area (Å²) in [6, 6.07) is 2.30. The summed E-state index contributed by atoms with van der Waals surface area (Å²) >= 11 is 5.43. The van der Waals surface area contributed by atoms with Crippen molar-refractivity contribution in [1.29, 1.82) is 0 Å². The fourth-order valence-electron chi connectivity index (χ4n) is 0.930. The maximum absolute atomic E-state index is 13.1. The third-order valence-electron chi connectivity index (χ3n) is 1.52. The number of rotatable bonds is 2. The van der Waals surface area contributed by atoms with Crippen LogP contribution in [0.1, 0.15) is 0 Å². The molecule has 0 fully saturated rings. The molecule has 0 bridgehead atoms. The topological polar surface area (TPSA) is 55.2 Å². The highest BCUT2D eigenvalue weighted by Gasteiger charge is 2.18. The van der Waals surface area contributed by atoms with E-state index in [0.29, 0.717) is 0 Å². The van der Waals surface area contributed by atoms with Crippen LogP contribution in [0.4, 0.5) is 15.8 Å². The van der Waals surface area contributed by atoms with Crippen molar-refractivity contribution >= 4 is 23.0 Å². The van der Waals surface area contributed by atoms with Gasteiger partial charge in [0.15, 0.2) is 11.5 Å². The predicted octanol–water partition coefficient (Wildman–Crippen LogP) is 2.43. The van der Waals surface area contributed by atoms with E-state index >= 15 is 0 Å². The maximum atomic E-state index is 13.1. The summed E-state index contributed by atoms with van der Waals surface area (Å²) in [4.78, 5) is 9.72. The Bertz CT molecular complexity index is 357. The van der Waals surface area contributed by atoms with Gasteiger partial charge in [0, 0.05) is 13.1 Å². The van der Waals surface area contributed by atoms with E-state index in [4.69, 9.17) is 11.6 Å². The van der Waals surface area contributed by atoms with Crippen molar-refractivity contribution in [2.24, 2.45) is 0 Å². The summed E-state index contributed by atoms with van der Waals surface area (Å²) in [6.07, 6.45) is 0. The second-order valence-electron chi connectivity index (χ2n) is 2.26. The summed E-state index contributed by atoms with van der Waals surface area (Å²) in [6.45, 7) is 0. The molecular weight excluding hydrogens is 199 g/mol. The van der Waals surface area contributed by atoms with Crippen LogP contribution in [-0.2, 0) is 0 Å². The van der Waals surface area contributed by atoms with Crippen LogP contribution in [0.5, 0.6) is 0 Å². The van der Waals surface area contributed by atoms with Gasteiger partial charge in [0.2, 0.25) is 0 Å². The molecular formula is C7H6ClFN2O2. The molecule has 0 aliphatic carbocycles. The van der Waals surface area contributed by atoms with E-state index in [-0.39, 0.29) is 16.4 Å². The lowest BCUT2D eigenvalue weighted by molar-refractivity contribution is -0.384. The van der Waals surface area contributed by atoms with Crippen molar-refractivity contribution in [3.63, 3.8) is 0 Å². The van der Waals surface area contributed by atoms with Crippen LogP contribution < -0.4 is 5.32 Å². The fourth-order valence-corrected chi connectivity index (χ4v) is 1.09. The van der Waals surface area contributed by atoms with Crippen LogP contribution in [0.3, 0.4) is 0 Å². The molecule has 0 amide bonds. The number of nitro benzene ring substituents is 1. The van der Waals surface area contributed by atoms with Gasteiger partial charge in [-0.1, -0.05) is 11.6 Å². The Morgan fingerprint density at radius 2 is 2.23 bits per heavy atom. The fraction of sp³-hybridized carbons (Fsp3) is 0.143. The molecule has 0 atom stereocenters. The number of hydrogen-bond acceptors (Lipinski definition) is 3. The highest BCUT2D eigenvalue weighted by atomic mass is 35.5. The molecule has 0 saturated heterocycles. The second kappa shape index (κ2) is 3.57. The summed E-state index contributed by atoms with van der Waals surface area (Å²) in [7, 11) is 1.39. The van der Waals surface area contributed by atoms with E-state index in [1.165, 1.54) is 7.05 Å². The van der Waals surface area contributed by atoms with E-state index < -0.39 is 10.7 Å². The average molecular weight is 205 g/mol. The molecule has 0 aliphatic heterocycles. The summed E-state index contributed by atoms with van der Waals surface area (Å²) < 4.78 is 13.1. The van der Waals surface area contributed by atoms with Crippen molar-refractivity contribution in [1.82, 2.24) is 0 Å². The van der Waals surface area contributed by atoms with Gasteiger partial charge < -0.3 is 5.32 Å². The number of hydrogen-bond donors (Lipinski definition) is 1. The molecule has 0 heterocycles. The Labute approximate surface area is 78.5 Å². The van der Waals surface area contributed by atoms with Gasteiger partial charge in [-0.2, -0.15) is 0 Å². The van der Waals surface area contributed by atoms with Gasteiger partial charge in [-0.3, -0.25) is 10.1 Å². The van der Waals surface area contributed by atoms with Gasteiger partial charge in [-0.15, -0.1) is 0 Å². The zero-order chi connectivity index (χ0) is 10.0. The van der Waals surface area contributed by atoms with Crippen molar-refractivity contribution in [3.8, 4) is 0 Å². The Morgan fingerprint density at radius 1 is 1.62 bits per heavy atom. The monoisotopic (exact) mass is 204 g/mol. The van der Waals surface area contributed by atoms with Crippen LogP contribution in [0, 0.1) is 15.9 Å². The number of anilines is 1. The smallest absolute Gasteiger partial charge is 0.295 e. The van der Waals surface area contributed by atoms with Gasteiger partial charge in [0.05, 0.1) is 9.95 Å². The van der Waals surface area contributed by atoms with Gasteiger partial charge in [0.25, 0.3) is 5.69 Å². The molecule has 13 heavy (non-hydrogen) atoms. The first-order valence-corrected chi connectivity index (χ1v) is 3.76. The van der Waals surface area contributed by atoms with E-state index in [1.807, 2.05) is 0 Å². The van der Waals surface area contributed by atoms with Crippen LogP contribution in [0.15, 0.2) is 12.1 Å². The first-order valence-electron chi connectivity index (χ1n) is 3.38. The van der Waals surface area contributed by atoms with Crippen LogP contribution in [0.25, 0.3) is 0 Å². The minimum Gasteiger partial charge on any atom is -0.380 e. The molecule has 4 nitrogen and oxygen atoms in total. The summed E-state index contributed by atoms with van der Waals surface area (Å²) in [5, 5.41) is 12.6. The zero-order valence-electron chi connectivity index (χ0n) is 6.67. The molecule has 0 saturated carbocycles. The number of nitrogens with zero attached hydrogens (tertiary/aromatic N) is 1. The third kappa shape index (κ3) is 1.70. The predicted molar refractivity (Wildman–Crippen MR) is 47.6 cm³/mol. The van der Waals surface area contributed by atoms with E-state index in [2.05, 4.69) is 5.32 Å². The Kier molecular flexibility index (Phi) is 2.67. The molecule has 1 N–H and O–H groups in total. The van der Waals surface area contributed by atoms with E-state index in [0.717, 1.165) is 12.1 Å². The average Bonchev–Trinajstić information content (AvgIpc) is 2.09. The van der Waals surface area contributed by atoms with Gasteiger partial charge in [-0.25, -0.2) is 4.39 Å². The first-order chi connectivity index (χ1) is 6.07. The third-order valence-corrected chi connectivity index (χ3v) is 1.81. The van der Waals surface area contributed by atoms with Gasteiger partial charge in [-0.05, 0) is 6.07 Å². The summed E-state index contributed by atoms with van der Waals surface area (Å²) in [5.41, 5.74) is -0.526. The Hall–Kier alpha value is -1.36. The van der Waals surface area contributed by atoms with Crippen LogP contribution in [0.2, 0.25) is 5.02 Å². The maximum Gasteiger partial charge on any atom is 0.295 e. The number of benzene rings is 1. The number of nitro groups is 1. The molecule has 0 aromatic heterocycles. The molecule has 1 aromatic rings. The van der Waals surface area contributed by atoms with E-state index in [9.17, 15) is 14.5 Å². The highest BCUT2D eigenvalue weighted by molar-refractivity contribution is 6.31. The molecule has 1 rings (SSSR count). The standard InChI is InChI=1S/C7H6ClFN2O2/c1-10-7-5(11(12)13)3-2-4(8)6(7)9/h2-3,10H,1H3. The minimum atomic E-state index is -0.807. The van der Waals surface area contributed by atoms with Crippen molar-refractivity contribution in [3.05, 3.63) is 33.1 Å². The molecule has 0 radical (unpaired) electrons. The molecule has 1 aromatic carbocycles. The first kappa shape index (κ1) is 9.73. The van der Waals surface area contributed by atoms with Crippen molar-refractivity contribution < 1.29 is 9.31 Å². The zero-order valence-corrected chi connectivity index (χ0v) is 7.43. The summed E-state index contributed by atoms with van der Waals surface area (Å²) in [5.74, 6) is -0.807. The number of halogens is 2. The Balaban J connectivity index is 3.38. The largest absolute Gasteiger partial charge is 0.380 e. The molecule has 0 aliphatic rings. The Morgan fingerprint density at radius 3 is 2.69 bits per heavy atom. The van der Waals surface area contributed by atoms with Crippen molar-refractivity contribution in [2.75, 3.05) is 12.4 Å². The molecule has 70 valence electrons. The normalized spacial score (nSPS) is 9.77. The highest BCUT2D eigenvalue weighted by Crippen LogP contribution is 2.31. The van der Waals surface area contributed by atoms with Crippen LogP contribution in [-0.4, -0.2) is 12.0 Å². The van der Waals surface area contributed by atoms with Crippen LogP contribution >= 0.6 is 11.6 Å². The van der Waals surface area contributed by atoms with Gasteiger partial charge in [0.1, 0.15) is 0 Å². The van der Waals surface area contributed by atoms with Crippen molar-refractivity contribution in [2.45, 2.75) is 0 Å². The lowest BCUT2D eigenvalue weighted by atomic mass is 10.2. The lowest BCUT2D eigenvalue weighted by Gasteiger charge is -2.03.